The molecule has 1 fully saturated rings. The molecule has 0 saturated heterocycles. The van der Waals surface area contributed by atoms with Crippen LogP contribution in [0.25, 0.3) is 0 Å². The van der Waals surface area contributed by atoms with Crippen LogP contribution in [0.2, 0.25) is 0 Å². The lowest BCUT2D eigenvalue weighted by atomic mass is 9.96. The Morgan fingerprint density at radius 1 is 1.35 bits per heavy atom. The van der Waals surface area contributed by atoms with Gasteiger partial charge in [-0.1, -0.05) is 13.8 Å². The standard InChI is InChI=1S/C13H21N3O/c1-3-8-14-12-11(4-2)13(16-9-15-12)17-10-6-5-7-10/h9-10H,3-8H2,1-2H3,(H,14,15,16). The van der Waals surface area contributed by atoms with Crippen molar-refractivity contribution in [3.8, 4) is 5.88 Å². The number of rotatable bonds is 6. The molecule has 0 spiro atoms. The number of nitrogens with zero attached hydrogens (tertiary/aromatic N) is 2. The number of aromatic nitrogens is 2. The number of nitrogens with one attached hydrogen (secondary N) is 1. The van der Waals surface area contributed by atoms with Crippen LogP contribution in [0.3, 0.4) is 0 Å². The highest BCUT2D eigenvalue weighted by molar-refractivity contribution is 5.48. The Morgan fingerprint density at radius 2 is 2.18 bits per heavy atom. The lowest BCUT2D eigenvalue weighted by Gasteiger charge is -2.27. The first kappa shape index (κ1) is 12.1. The van der Waals surface area contributed by atoms with Gasteiger partial charge < -0.3 is 10.1 Å². The van der Waals surface area contributed by atoms with Crippen molar-refractivity contribution in [2.24, 2.45) is 0 Å². The minimum atomic E-state index is 0.370. The summed E-state index contributed by atoms with van der Waals surface area (Å²) >= 11 is 0. The molecule has 4 nitrogen and oxygen atoms in total. The summed E-state index contributed by atoms with van der Waals surface area (Å²) in [4.78, 5) is 8.56. The van der Waals surface area contributed by atoms with Crippen LogP contribution in [0.1, 0.15) is 45.1 Å². The van der Waals surface area contributed by atoms with Crippen LogP contribution in [-0.4, -0.2) is 22.6 Å². The first-order valence-corrected chi connectivity index (χ1v) is 6.59. The molecule has 0 bridgehead atoms. The molecule has 0 amide bonds. The van der Waals surface area contributed by atoms with Gasteiger partial charge in [0, 0.05) is 6.54 Å². The van der Waals surface area contributed by atoms with Crippen molar-refractivity contribution in [3.05, 3.63) is 11.9 Å². The molecule has 17 heavy (non-hydrogen) atoms. The zero-order valence-corrected chi connectivity index (χ0v) is 10.7. The lowest BCUT2D eigenvalue weighted by Crippen LogP contribution is -2.25. The zero-order chi connectivity index (χ0) is 12.1. The highest BCUT2D eigenvalue weighted by Crippen LogP contribution is 2.28. The number of ether oxygens (including phenoxy) is 1. The second-order valence-corrected chi connectivity index (χ2v) is 4.46. The second kappa shape index (κ2) is 5.84. The Labute approximate surface area is 103 Å². The maximum Gasteiger partial charge on any atom is 0.222 e. The molecular weight excluding hydrogens is 214 g/mol. The summed E-state index contributed by atoms with van der Waals surface area (Å²) in [6, 6.07) is 0. The van der Waals surface area contributed by atoms with Crippen LogP contribution >= 0.6 is 0 Å². The highest BCUT2D eigenvalue weighted by Gasteiger charge is 2.21. The number of hydrogen-bond acceptors (Lipinski definition) is 4. The van der Waals surface area contributed by atoms with Gasteiger partial charge in [-0.25, -0.2) is 9.97 Å². The first-order chi connectivity index (χ1) is 8.35. The fraction of sp³-hybridized carbons (Fsp3) is 0.692. The van der Waals surface area contributed by atoms with Gasteiger partial charge in [0.1, 0.15) is 18.2 Å². The monoisotopic (exact) mass is 235 g/mol. The normalized spacial score (nSPS) is 15.4. The van der Waals surface area contributed by atoms with Crippen molar-refractivity contribution in [1.82, 2.24) is 9.97 Å². The van der Waals surface area contributed by atoms with E-state index in [1.54, 1.807) is 6.33 Å². The Bertz CT molecular complexity index is 364. The minimum Gasteiger partial charge on any atom is -0.474 e. The van der Waals surface area contributed by atoms with Crippen molar-refractivity contribution in [1.29, 1.82) is 0 Å². The van der Waals surface area contributed by atoms with E-state index in [4.69, 9.17) is 4.74 Å². The Balaban J connectivity index is 2.12. The maximum absolute atomic E-state index is 5.90. The van der Waals surface area contributed by atoms with Gasteiger partial charge in [0.2, 0.25) is 5.88 Å². The van der Waals surface area contributed by atoms with E-state index in [9.17, 15) is 0 Å². The second-order valence-electron chi connectivity index (χ2n) is 4.46. The Morgan fingerprint density at radius 3 is 2.76 bits per heavy atom. The van der Waals surface area contributed by atoms with Crippen molar-refractivity contribution < 1.29 is 4.74 Å². The van der Waals surface area contributed by atoms with Gasteiger partial charge in [-0.15, -0.1) is 0 Å². The molecule has 0 radical (unpaired) electrons. The van der Waals surface area contributed by atoms with Gasteiger partial charge in [-0.3, -0.25) is 0 Å². The molecule has 0 unspecified atom stereocenters. The first-order valence-electron chi connectivity index (χ1n) is 6.59. The third-order valence-electron chi connectivity index (χ3n) is 3.13. The Kier molecular flexibility index (Phi) is 4.18. The van der Waals surface area contributed by atoms with E-state index in [0.29, 0.717) is 6.10 Å². The molecule has 1 N–H and O–H groups in total. The molecule has 1 aliphatic rings. The Hall–Kier alpha value is -1.32. The van der Waals surface area contributed by atoms with Crippen LogP contribution in [0, 0.1) is 0 Å². The summed E-state index contributed by atoms with van der Waals surface area (Å²) in [6.45, 7) is 5.20. The van der Waals surface area contributed by atoms with Crippen LogP contribution in [0.4, 0.5) is 5.82 Å². The molecule has 1 aromatic rings. The van der Waals surface area contributed by atoms with Gasteiger partial charge in [0.15, 0.2) is 0 Å². The van der Waals surface area contributed by atoms with Gasteiger partial charge in [0.25, 0.3) is 0 Å². The summed E-state index contributed by atoms with van der Waals surface area (Å²) in [6.07, 6.45) is 7.54. The highest BCUT2D eigenvalue weighted by atomic mass is 16.5. The van der Waals surface area contributed by atoms with Crippen LogP contribution in [0.5, 0.6) is 5.88 Å². The fourth-order valence-electron chi connectivity index (χ4n) is 1.86. The molecule has 1 saturated carbocycles. The van der Waals surface area contributed by atoms with Crippen LogP contribution < -0.4 is 10.1 Å². The summed E-state index contributed by atoms with van der Waals surface area (Å²) in [5.74, 6) is 1.70. The maximum atomic E-state index is 5.90. The lowest BCUT2D eigenvalue weighted by molar-refractivity contribution is 0.113. The predicted molar refractivity (Wildman–Crippen MR) is 68.5 cm³/mol. The van der Waals surface area contributed by atoms with E-state index in [1.165, 1.54) is 6.42 Å². The van der Waals surface area contributed by atoms with Gasteiger partial charge in [-0.2, -0.15) is 0 Å². The third kappa shape index (κ3) is 2.87. The van der Waals surface area contributed by atoms with E-state index >= 15 is 0 Å². The number of anilines is 1. The zero-order valence-electron chi connectivity index (χ0n) is 10.7. The average molecular weight is 235 g/mol. The predicted octanol–water partition coefficient (Wildman–Crippen LogP) is 2.79. The molecule has 1 heterocycles. The molecule has 0 aromatic carbocycles. The summed E-state index contributed by atoms with van der Waals surface area (Å²) in [5, 5.41) is 3.33. The van der Waals surface area contributed by atoms with Gasteiger partial charge in [-0.05, 0) is 32.1 Å². The molecule has 1 aromatic heterocycles. The molecule has 94 valence electrons. The van der Waals surface area contributed by atoms with Gasteiger partial charge in [0.05, 0.1) is 5.56 Å². The van der Waals surface area contributed by atoms with Crippen molar-refractivity contribution in [3.63, 3.8) is 0 Å². The SMILES string of the molecule is CCCNc1ncnc(OC2CCC2)c1CC. The summed E-state index contributed by atoms with van der Waals surface area (Å²) < 4.78 is 5.90. The molecule has 1 aliphatic carbocycles. The fourth-order valence-corrected chi connectivity index (χ4v) is 1.86. The molecule has 2 rings (SSSR count). The van der Waals surface area contributed by atoms with E-state index in [2.05, 4.69) is 29.1 Å². The topological polar surface area (TPSA) is 47.0 Å². The molecule has 0 atom stereocenters. The smallest absolute Gasteiger partial charge is 0.222 e. The van der Waals surface area contributed by atoms with E-state index < -0.39 is 0 Å². The molecular formula is C13H21N3O. The quantitative estimate of drug-likeness (QED) is 0.823. The summed E-state index contributed by atoms with van der Waals surface area (Å²) in [5.41, 5.74) is 1.10. The van der Waals surface area contributed by atoms with Crippen molar-refractivity contribution in [2.75, 3.05) is 11.9 Å². The van der Waals surface area contributed by atoms with E-state index in [-0.39, 0.29) is 0 Å². The van der Waals surface area contributed by atoms with Gasteiger partial charge >= 0.3 is 0 Å². The number of hydrogen-bond donors (Lipinski definition) is 1. The minimum absolute atomic E-state index is 0.370. The molecule has 4 heteroatoms. The van der Waals surface area contributed by atoms with E-state index in [0.717, 1.165) is 49.5 Å². The molecule has 0 aliphatic heterocycles. The van der Waals surface area contributed by atoms with E-state index in [1.807, 2.05) is 0 Å². The van der Waals surface area contributed by atoms with Crippen molar-refractivity contribution in [2.45, 2.75) is 52.1 Å². The van der Waals surface area contributed by atoms with Crippen molar-refractivity contribution >= 4 is 5.82 Å². The largest absolute Gasteiger partial charge is 0.474 e. The average Bonchev–Trinajstić information content (AvgIpc) is 2.31. The van der Waals surface area contributed by atoms with Crippen LogP contribution in [-0.2, 0) is 6.42 Å². The third-order valence-corrected chi connectivity index (χ3v) is 3.13. The van der Waals surface area contributed by atoms with Crippen LogP contribution in [0.15, 0.2) is 6.33 Å². The summed E-state index contributed by atoms with van der Waals surface area (Å²) in [7, 11) is 0.